The number of aromatic hydroxyl groups is 1. The molecule has 0 spiro atoms. The number of non-ortho nitro benzene ring substituents is 1. The Kier molecular flexibility index (Phi) is 3.57. The second-order valence-corrected chi connectivity index (χ2v) is 5.33. The number of phenols is 1. The molecule has 0 fully saturated rings. The summed E-state index contributed by atoms with van der Waals surface area (Å²) in [6.07, 6.45) is 0. The van der Waals surface area contributed by atoms with Gasteiger partial charge in [-0.1, -0.05) is 6.07 Å². The highest BCUT2D eigenvalue weighted by Gasteiger charge is 2.18. The second-order valence-electron chi connectivity index (χ2n) is 3.79. The summed E-state index contributed by atoms with van der Waals surface area (Å²) >= 11 is 0. The van der Waals surface area contributed by atoms with Crippen LogP contribution in [0, 0.1) is 10.1 Å². The van der Waals surface area contributed by atoms with Gasteiger partial charge in [-0.2, -0.15) is 8.42 Å². The summed E-state index contributed by atoms with van der Waals surface area (Å²) in [4.78, 5) is 9.64. The van der Waals surface area contributed by atoms with Crippen molar-refractivity contribution < 1.29 is 22.6 Å². The second kappa shape index (κ2) is 5.17. The monoisotopic (exact) mass is 295 g/mol. The molecule has 0 amide bonds. The fourth-order valence-corrected chi connectivity index (χ4v) is 2.37. The van der Waals surface area contributed by atoms with Crippen molar-refractivity contribution in [1.29, 1.82) is 0 Å². The van der Waals surface area contributed by atoms with Gasteiger partial charge in [0.25, 0.3) is 5.69 Å². The third kappa shape index (κ3) is 3.04. The highest BCUT2D eigenvalue weighted by molar-refractivity contribution is 7.87. The predicted molar refractivity (Wildman–Crippen MR) is 69.0 cm³/mol. The maximum atomic E-state index is 11.9. The van der Waals surface area contributed by atoms with Crippen LogP contribution in [0.2, 0.25) is 0 Å². The smallest absolute Gasteiger partial charge is 0.339 e. The van der Waals surface area contributed by atoms with Crippen LogP contribution in [0.5, 0.6) is 11.5 Å². The van der Waals surface area contributed by atoms with Gasteiger partial charge in [0.2, 0.25) is 0 Å². The predicted octanol–water partition coefficient (Wildman–Crippen LogP) is 2.07. The van der Waals surface area contributed by atoms with Crippen LogP contribution in [0.4, 0.5) is 5.69 Å². The number of benzene rings is 2. The van der Waals surface area contributed by atoms with Crippen molar-refractivity contribution in [3.63, 3.8) is 0 Å². The molecular formula is C12H9NO6S. The van der Waals surface area contributed by atoms with Gasteiger partial charge in [0.15, 0.2) is 0 Å². The Labute approximate surface area is 114 Å². The third-order valence-corrected chi connectivity index (χ3v) is 3.62. The van der Waals surface area contributed by atoms with Crippen LogP contribution in [-0.4, -0.2) is 18.4 Å². The van der Waals surface area contributed by atoms with E-state index in [9.17, 15) is 23.6 Å². The summed E-state index contributed by atoms with van der Waals surface area (Å²) in [6, 6.07) is 9.59. The molecule has 20 heavy (non-hydrogen) atoms. The normalized spacial score (nSPS) is 11.0. The molecule has 1 N–H and O–H groups in total. The van der Waals surface area contributed by atoms with E-state index in [4.69, 9.17) is 4.18 Å². The Morgan fingerprint density at radius 2 is 1.75 bits per heavy atom. The van der Waals surface area contributed by atoms with Gasteiger partial charge in [0.05, 0.1) is 4.92 Å². The maximum absolute atomic E-state index is 11.9. The fraction of sp³-hybridized carbons (Fsp3) is 0. The Bertz CT molecular complexity index is 739. The summed E-state index contributed by atoms with van der Waals surface area (Å²) < 4.78 is 28.7. The van der Waals surface area contributed by atoms with Crippen LogP contribution in [0.1, 0.15) is 0 Å². The average Bonchev–Trinajstić information content (AvgIpc) is 2.38. The van der Waals surface area contributed by atoms with Crippen LogP contribution in [0.3, 0.4) is 0 Å². The topological polar surface area (TPSA) is 107 Å². The fourth-order valence-electron chi connectivity index (χ4n) is 1.44. The van der Waals surface area contributed by atoms with Crippen molar-refractivity contribution in [2.75, 3.05) is 0 Å². The molecule has 0 heterocycles. The zero-order valence-electron chi connectivity index (χ0n) is 9.96. The number of nitro benzene ring substituents is 1. The molecule has 0 aliphatic heterocycles. The molecule has 0 aromatic heterocycles. The van der Waals surface area contributed by atoms with Crippen LogP contribution in [0.25, 0.3) is 0 Å². The molecule has 0 saturated heterocycles. The summed E-state index contributed by atoms with van der Waals surface area (Å²) in [5.74, 6) is -0.190. The van der Waals surface area contributed by atoms with Crippen LogP contribution < -0.4 is 4.18 Å². The third-order valence-electron chi connectivity index (χ3n) is 2.36. The Morgan fingerprint density at radius 1 is 1.10 bits per heavy atom. The minimum Gasteiger partial charge on any atom is -0.508 e. The minimum atomic E-state index is -4.11. The molecule has 0 aliphatic carbocycles. The first-order valence-electron chi connectivity index (χ1n) is 5.36. The molecule has 2 aromatic rings. The molecule has 0 radical (unpaired) electrons. The molecule has 8 heteroatoms. The maximum Gasteiger partial charge on any atom is 0.339 e. The molecule has 2 aromatic carbocycles. The molecule has 0 atom stereocenters. The molecule has 0 saturated carbocycles. The van der Waals surface area contributed by atoms with Crippen LogP contribution in [-0.2, 0) is 10.1 Å². The number of phenolic OH excluding ortho intramolecular Hbond substituents is 1. The first-order valence-corrected chi connectivity index (χ1v) is 6.77. The quantitative estimate of drug-likeness (QED) is 0.525. The molecule has 7 nitrogen and oxygen atoms in total. The van der Waals surface area contributed by atoms with E-state index in [1.54, 1.807) is 0 Å². The van der Waals surface area contributed by atoms with E-state index in [-0.39, 0.29) is 22.1 Å². The summed E-state index contributed by atoms with van der Waals surface area (Å²) in [5, 5.41) is 19.7. The van der Waals surface area contributed by atoms with E-state index < -0.39 is 15.0 Å². The lowest BCUT2D eigenvalue weighted by molar-refractivity contribution is -0.384. The first kappa shape index (κ1) is 13.8. The molecule has 104 valence electrons. The SMILES string of the molecule is O=[N+]([O-])c1ccc(S(=O)(=O)Oc2cccc(O)c2)cc1. The summed E-state index contributed by atoms with van der Waals surface area (Å²) in [5.41, 5.74) is -0.221. The van der Waals surface area contributed by atoms with Gasteiger partial charge >= 0.3 is 10.1 Å². The lowest BCUT2D eigenvalue weighted by Crippen LogP contribution is -2.09. The molecule has 0 aliphatic rings. The van der Waals surface area contributed by atoms with Gasteiger partial charge in [0, 0.05) is 18.2 Å². The Morgan fingerprint density at radius 3 is 2.30 bits per heavy atom. The van der Waals surface area contributed by atoms with Crippen LogP contribution in [0.15, 0.2) is 53.4 Å². The van der Waals surface area contributed by atoms with Gasteiger partial charge in [-0.05, 0) is 24.3 Å². The van der Waals surface area contributed by atoms with Crippen molar-refractivity contribution in [2.45, 2.75) is 4.90 Å². The first-order chi connectivity index (χ1) is 9.38. The van der Waals surface area contributed by atoms with Gasteiger partial charge in [-0.15, -0.1) is 0 Å². The zero-order chi connectivity index (χ0) is 14.8. The number of hydrogen-bond donors (Lipinski definition) is 1. The van der Waals surface area contributed by atoms with E-state index in [0.717, 1.165) is 30.3 Å². The van der Waals surface area contributed by atoms with E-state index in [1.165, 1.54) is 18.2 Å². The van der Waals surface area contributed by atoms with Crippen LogP contribution >= 0.6 is 0 Å². The van der Waals surface area contributed by atoms with E-state index in [0.29, 0.717) is 0 Å². The highest BCUT2D eigenvalue weighted by Crippen LogP contribution is 2.23. The zero-order valence-corrected chi connectivity index (χ0v) is 10.8. The highest BCUT2D eigenvalue weighted by atomic mass is 32.2. The van der Waals surface area contributed by atoms with Gasteiger partial charge in [-0.3, -0.25) is 10.1 Å². The van der Waals surface area contributed by atoms with E-state index >= 15 is 0 Å². The van der Waals surface area contributed by atoms with Crippen molar-refractivity contribution in [1.82, 2.24) is 0 Å². The molecular weight excluding hydrogens is 286 g/mol. The van der Waals surface area contributed by atoms with Gasteiger partial charge < -0.3 is 9.29 Å². The van der Waals surface area contributed by atoms with Crippen molar-refractivity contribution >= 4 is 15.8 Å². The summed E-state index contributed by atoms with van der Waals surface area (Å²) in [6.45, 7) is 0. The Hall–Kier alpha value is -2.61. The standard InChI is InChI=1S/C12H9NO6S/c14-10-2-1-3-11(8-10)19-20(17,18)12-6-4-9(5-7-12)13(15)16/h1-8,14H. The molecule has 0 bridgehead atoms. The number of nitro groups is 1. The largest absolute Gasteiger partial charge is 0.508 e. The molecule has 2 rings (SSSR count). The summed E-state index contributed by atoms with van der Waals surface area (Å²) in [7, 11) is -4.11. The van der Waals surface area contributed by atoms with E-state index in [1.807, 2.05) is 0 Å². The van der Waals surface area contributed by atoms with Crippen molar-refractivity contribution in [2.24, 2.45) is 0 Å². The van der Waals surface area contributed by atoms with Crippen molar-refractivity contribution in [3.05, 3.63) is 58.6 Å². The van der Waals surface area contributed by atoms with Gasteiger partial charge in [-0.25, -0.2) is 0 Å². The Balaban J connectivity index is 2.28. The van der Waals surface area contributed by atoms with Crippen molar-refractivity contribution in [3.8, 4) is 11.5 Å². The lowest BCUT2D eigenvalue weighted by Gasteiger charge is -2.06. The van der Waals surface area contributed by atoms with Gasteiger partial charge in [0.1, 0.15) is 16.4 Å². The lowest BCUT2D eigenvalue weighted by atomic mass is 10.3. The molecule has 0 unspecified atom stereocenters. The average molecular weight is 295 g/mol. The minimum absolute atomic E-state index is 0.0525. The number of nitrogens with zero attached hydrogens (tertiary/aromatic N) is 1. The van der Waals surface area contributed by atoms with E-state index in [2.05, 4.69) is 0 Å². The number of hydrogen-bond acceptors (Lipinski definition) is 6. The number of rotatable bonds is 4.